The van der Waals surface area contributed by atoms with E-state index < -0.39 is 11.6 Å². The summed E-state index contributed by atoms with van der Waals surface area (Å²) < 4.78 is 29.1. The van der Waals surface area contributed by atoms with Gasteiger partial charge in [0, 0.05) is 6.04 Å². The molecule has 0 unspecified atom stereocenters. The third-order valence-corrected chi connectivity index (χ3v) is 3.61. The molecule has 1 aliphatic carbocycles. The Hall–Kier alpha value is -1.45. The topological polar surface area (TPSA) is 17.8 Å². The van der Waals surface area contributed by atoms with E-state index in [2.05, 4.69) is 4.98 Å². The lowest BCUT2D eigenvalue weighted by molar-refractivity contribution is 0.487. The minimum atomic E-state index is -0.795. The summed E-state index contributed by atoms with van der Waals surface area (Å²) in [4.78, 5) is 4.32. The Bertz CT molecular complexity index is 568. The van der Waals surface area contributed by atoms with Crippen molar-refractivity contribution in [1.29, 1.82) is 0 Å². The van der Waals surface area contributed by atoms with Gasteiger partial charge in [-0.15, -0.1) is 0 Å². The second kappa shape index (κ2) is 3.79. The molecule has 0 amide bonds. The van der Waals surface area contributed by atoms with Crippen molar-refractivity contribution in [3.8, 4) is 0 Å². The van der Waals surface area contributed by atoms with E-state index in [0.29, 0.717) is 11.0 Å². The van der Waals surface area contributed by atoms with Crippen molar-refractivity contribution in [2.24, 2.45) is 0 Å². The molecule has 1 heterocycles. The number of aromatic nitrogens is 2. The van der Waals surface area contributed by atoms with E-state index >= 15 is 0 Å². The van der Waals surface area contributed by atoms with Crippen molar-refractivity contribution in [1.82, 2.24) is 9.55 Å². The minimum Gasteiger partial charge on any atom is -0.323 e. The lowest BCUT2D eigenvalue weighted by Gasteiger charge is -2.14. The molecular formula is C13H14F2N2. The van der Waals surface area contributed by atoms with Gasteiger partial charge < -0.3 is 4.57 Å². The Morgan fingerprint density at radius 1 is 1.24 bits per heavy atom. The van der Waals surface area contributed by atoms with Crippen LogP contribution in [0.4, 0.5) is 8.78 Å². The average Bonchev–Trinajstić information content (AvgIpc) is 2.90. The van der Waals surface area contributed by atoms with Gasteiger partial charge in [0.1, 0.15) is 11.3 Å². The fourth-order valence-electron chi connectivity index (χ4n) is 2.85. The van der Waals surface area contributed by atoms with Crippen molar-refractivity contribution < 1.29 is 8.78 Å². The van der Waals surface area contributed by atoms with Crippen LogP contribution < -0.4 is 0 Å². The normalized spacial score (nSPS) is 17.1. The van der Waals surface area contributed by atoms with Gasteiger partial charge in [-0.2, -0.15) is 0 Å². The Balaban J connectivity index is 2.28. The molecule has 0 radical (unpaired) electrons. The SMILES string of the molecule is Cc1nc2ccc(F)c(F)c2n1C1CCCC1. The fraction of sp³-hybridized carbons (Fsp3) is 0.462. The predicted molar refractivity (Wildman–Crippen MR) is 61.9 cm³/mol. The van der Waals surface area contributed by atoms with Gasteiger partial charge in [0.15, 0.2) is 11.6 Å². The van der Waals surface area contributed by atoms with Crippen molar-refractivity contribution >= 4 is 11.0 Å². The van der Waals surface area contributed by atoms with Crippen molar-refractivity contribution in [3.05, 3.63) is 29.6 Å². The molecule has 4 heteroatoms. The molecule has 17 heavy (non-hydrogen) atoms. The first-order valence-electron chi connectivity index (χ1n) is 6.01. The van der Waals surface area contributed by atoms with Gasteiger partial charge in [0.2, 0.25) is 0 Å². The van der Waals surface area contributed by atoms with Gasteiger partial charge in [-0.05, 0) is 31.9 Å². The summed E-state index contributed by atoms with van der Waals surface area (Å²) in [5.41, 5.74) is 0.878. The third-order valence-electron chi connectivity index (χ3n) is 3.61. The number of benzene rings is 1. The van der Waals surface area contributed by atoms with E-state index in [4.69, 9.17) is 0 Å². The molecule has 2 nitrogen and oxygen atoms in total. The number of aryl methyl sites for hydroxylation is 1. The molecule has 0 bridgehead atoms. The van der Waals surface area contributed by atoms with Crippen LogP contribution in [0.1, 0.15) is 37.5 Å². The van der Waals surface area contributed by atoms with Gasteiger partial charge in [-0.25, -0.2) is 13.8 Å². The fourth-order valence-corrected chi connectivity index (χ4v) is 2.85. The van der Waals surface area contributed by atoms with Gasteiger partial charge in [-0.1, -0.05) is 12.8 Å². The Morgan fingerprint density at radius 3 is 2.65 bits per heavy atom. The lowest BCUT2D eigenvalue weighted by atomic mass is 10.2. The number of hydrogen-bond acceptors (Lipinski definition) is 1. The van der Waals surface area contributed by atoms with Crippen LogP contribution in [0.2, 0.25) is 0 Å². The molecule has 0 atom stereocenters. The van der Waals surface area contributed by atoms with Gasteiger partial charge >= 0.3 is 0 Å². The summed E-state index contributed by atoms with van der Waals surface area (Å²) >= 11 is 0. The number of hydrogen-bond donors (Lipinski definition) is 0. The molecule has 1 fully saturated rings. The van der Waals surface area contributed by atoms with E-state index in [1.807, 2.05) is 11.5 Å². The Kier molecular flexibility index (Phi) is 2.38. The molecule has 0 N–H and O–H groups in total. The van der Waals surface area contributed by atoms with E-state index in [9.17, 15) is 8.78 Å². The van der Waals surface area contributed by atoms with E-state index in [-0.39, 0.29) is 6.04 Å². The zero-order valence-electron chi connectivity index (χ0n) is 9.71. The highest BCUT2D eigenvalue weighted by Gasteiger charge is 2.23. The number of fused-ring (bicyclic) bond motifs is 1. The third kappa shape index (κ3) is 1.54. The summed E-state index contributed by atoms with van der Waals surface area (Å²) in [7, 11) is 0. The Morgan fingerprint density at radius 2 is 1.94 bits per heavy atom. The molecule has 0 spiro atoms. The van der Waals surface area contributed by atoms with Gasteiger partial charge in [-0.3, -0.25) is 0 Å². The Labute approximate surface area is 98.3 Å². The molecule has 2 aromatic rings. The molecule has 90 valence electrons. The number of nitrogens with zero attached hydrogens (tertiary/aromatic N) is 2. The smallest absolute Gasteiger partial charge is 0.184 e. The van der Waals surface area contributed by atoms with Crippen LogP contribution >= 0.6 is 0 Å². The molecule has 1 saturated carbocycles. The quantitative estimate of drug-likeness (QED) is 0.737. The van der Waals surface area contributed by atoms with Crippen LogP contribution in [0.15, 0.2) is 12.1 Å². The second-order valence-electron chi connectivity index (χ2n) is 4.70. The summed E-state index contributed by atoms with van der Waals surface area (Å²) in [6, 6.07) is 2.96. The van der Waals surface area contributed by atoms with Crippen molar-refractivity contribution in [2.45, 2.75) is 38.6 Å². The molecular weight excluding hydrogens is 222 g/mol. The summed E-state index contributed by atoms with van der Waals surface area (Å²) in [6.45, 7) is 1.86. The first-order valence-corrected chi connectivity index (χ1v) is 6.01. The van der Waals surface area contributed by atoms with E-state index in [0.717, 1.165) is 37.6 Å². The first kappa shape index (κ1) is 10.7. The molecule has 0 saturated heterocycles. The number of halogens is 2. The number of imidazole rings is 1. The molecule has 0 aliphatic heterocycles. The number of rotatable bonds is 1. The van der Waals surface area contributed by atoms with Crippen molar-refractivity contribution in [2.75, 3.05) is 0 Å². The predicted octanol–water partition coefficient (Wildman–Crippen LogP) is 3.74. The monoisotopic (exact) mass is 236 g/mol. The highest BCUT2D eigenvalue weighted by Crippen LogP contribution is 2.34. The van der Waals surface area contributed by atoms with Crippen LogP contribution in [0, 0.1) is 18.6 Å². The first-order chi connectivity index (χ1) is 8.18. The van der Waals surface area contributed by atoms with Crippen molar-refractivity contribution in [3.63, 3.8) is 0 Å². The maximum atomic E-state index is 13.9. The lowest BCUT2D eigenvalue weighted by Crippen LogP contribution is -2.07. The maximum absolute atomic E-state index is 13.9. The average molecular weight is 236 g/mol. The zero-order chi connectivity index (χ0) is 12.0. The minimum absolute atomic E-state index is 0.274. The van der Waals surface area contributed by atoms with E-state index in [1.165, 1.54) is 0 Å². The van der Waals surface area contributed by atoms with E-state index in [1.54, 1.807) is 6.07 Å². The summed E-state index contributed by atoms with van der Waals surface area (Å²) in [5, 5.41) is 0. The largest absolute Gasteiger partial charge is 0.323 e. The second-order valence-corrected chi connectivity index (χ2v) is 4.70. The highest BCUT2D eigenvalue weighted by atomic mass is 19.2. The zero-order valence-corrected chi connectivity index (χ0v) is 9.71. The molecule has 1 aromatic heterocycles. The van der Waals surface area contributed by atoms with Crippen LogP contribution in [-0.2, 0) is 0 Å². The van der Waals surface area contributed by atoms with Crippen LogP contribution in [-0.4, -0.2) is 9.55 Å². The highest BCUT2D eigenvalue weighted by molar-refractivity contribution is 5.77. The summed E-state index contributed by atoms with van der Waals surface area (Å²) in [5.74, 6) is -0.789. The van der Waals surface area contributed by atoms with Crippen LogP contribution in [0.3, 0.4) is 0 Å². The van der Waals surface area contributed by atoms with Crippen LogP contribution in [0.25, 0.3) is 11.0 Å². The van der Waals surface area contributed by atoms with Gasteiger partial charge in [0.05, 0.1) is 5.52 Å². The van der Waals surface area contributed by atoms with Crippen LogP contribution in [0.5, 0.6) is 0 Å². The molecule has 1 aliphatic rings. The molecule has 3 rings (SSSR count). The van der Waals surface area contributed by atoms with Gasteiger partial charge in [0.25, 0.3) is 0 Å². The standard InChI is InChI=1S/C13H14F2N2/c1-8-16-11-7-6-10(14)12(15)13(11)17(8)9-4-2-3-5-9/h6-7,9H,2-5H2,1H3. The summed E-state index contributed by atoms with van der Waals surface area (Å²) in [6.07, 6.45) is 4.37. The molecule has 1 aromatic carbocycles. The maximum Gasteiger partial charge on any atom is 0.184 e.